The number of nitrogens with one attached hydrogen (secondary N) is 1. The first-order valence-electron chi connectivity index (χ1n) is 11.6. The molecule has 2 aromatic carbocycles. The second-order valence-electron chi connectivity index (χ2n) is 8.18. The number of hydrogen-bond donors (Lipinski definition) is 2. The topological polar surface area (TPSA) is 102 Å². The third-order valence-corrected chi connectivity index (χ3v) is 5.91. The Balaban J connectivity index is 1.31. The summed E-state index contributed by atoms with van der Waals surface area (Å²) in [7, 11) is 1.60. The first-order chi connectivity index (χ1) is 16.6. The highest BCUT2D eigenvalue weighted by molar-refractivity contribution is 5.94. The molecule has 4 rings (SSSR count). The molecule has 0 unspecified atom stereocenters. The van der Waals surface area contributed by atoms with Gasteiger partial charge in [0.15, 0.2) is 11.5 Å². The van der Waals surface area contributed by atoms with Crippen molar-refractivity contribution in [1.29, 1.82) is 0 Å². The molecule has 0 spiro atoms. The minimum Gasteiger partial charge on any atom is -0.504 e. The molecular weight excluding hydrogens is 434 g/mol. The zero-order valence-electron chi connectivity index (χ0n) is 19.7. The van der Waals surface area contributed by atoms with Crippen LogP contribution in [-0.2, 0) is 25.9 Å². The molecule has 0 saturated heterocycles. The lowest BCUT2D eigenvalue weighted by atomic mass is 10.2. The molecule has 1 aromatic heterocycles. The number of benzene rings is 2. The molecule has 34 heavy (non-hydrogen) atoms. The Labute approximate surface area is 199 Å². The summed E-state index contributed by atoms with van der Waals surface area (Å²) in [5, 5.41) is 21.7. The van der Waals surface area contributed by atoms with Gasteiger partial charge in [-0.25, -0.2) is 0 Å². The Morgan fingerprint density at radius 1 is 1.12 bits per heavy atom. The van der Waals surface area contributed by atoms with Crippen molar-refractivity contribution in [2.75, 3.05) is 33.4 Å². The molecule has 0 saturated carbocycles. The first kappa shape index (κ1) is 23.6. The number of hydrogen-bond acceptors (Lipinski definition) is 7. The van der Waals surface area contributed by atoms with Crippen LogP contribution in [-0.4, -0.2) is 64.0 Å². The second-order valence-corrected chi connectivity index (χ2v) is 8.18. The summed E-state index contributed by atoms with van der Waals surface area (Å²) in [5.41, 5.74) is 1.69. The third kappa shape index (κ3) is 5.66. The first-order valence-corrected chi connectivity index (χ1v) is 11.6. The number of amides is 1. The number of ether oxygens (including phenoxy) is 2. The van der Waals surface area contributed by atoms with Gasteiger partial charge in [0.1, 0.15) is 17.4 Å². The Hall–Kier alpha value is -3.59. The van der Waals surface area contributed by atoms with Crippen molar-refractivity contribution in [3.8, 4) is 17.2 Å². The van der Waals surface area contributed by atoms with Gasteiger partial charge in [-0.1, -0.05) is 6.07 Å². The smallest absolute Gasteiger partial charge is 0.251 e. The molecular formula is C25H31N5O4. The van der Waals surface area contributed by atoms with E-state index in [4.69, 9.17) is 9.47 Å². The van der Waals surface area contributed by atoms with Gasteiger partial charge in [0.05, 0.1) is 13.7 Å². The molecule has 1 amide bonds. The minimum absolute atomic E-state index is 0.121. The summed E-state index contributed by atoms with van der Waals surface area (Å²) in [4.78, 5) is 14.8. The van der Waals surface area contributed by atoms with Crippen molar-refractivity contribution in [2.24, 2.45) is 0 Å². The molecule has 0 atom stereocenters. The van der Waals surface area contributed by atoms with Gasteiger partial charge in [-0.2, -0.15) is 0 Å². The summed E-state index contributed by atoms with van der Waals surface area (Å²) >= 11 is 0. The monoisotopic (exact) mass is 465 g/mol. The molecule has 0 bridgehead atoms. The third-order valence-electron chi connectivity index (χ3n) is 5.91. The van der Waals surface area contributed by atoms with E-state index in [-0.39, 0.29) is 11.7 Å². The zero-order valence-corrected chi connectivity index (χ0v) is 19.7. The molecule has 1 aliphatic heterocycles. The predicted octanol–water partition coefficient (Wildman–Crippen LogP) is 2.42. The fourth-order valence-corrected chi connectivity index (χ4v) is 4.09. The molecule has 9 heteroatoms. The second kappa shape index (κ2) is 11.0. The number of aromatic nitrogens is 3. The highest BCUT2D eigenvalue weighted by atomic mass is 16.5. The van der Waals surface area contributed by atoms with Crippen LogP contribution in [0.4, 0.5) is 0 Å². The van der Waals surface area contributed by atoms with Crippen LogP contribution in [0.3, 0.4) is 0 Å². The number of rotatable bonds is 9. The van der Waals surface area contributed by atoms with Crippen LogP contribution in [0.2, 0.25) is 0 Å². The number of carbonyl (C=O) groups excluding carboxylic acids is 1. The lowest BCUT2D eigenvalue weighted by molar-refractivity contribution is 0.0954. The van der Waals surface area contributed by atoms with E-state index in [0.717, 1.165) is 55.6 Å². The molecule has 2 N–H and O–H groups in total. The van der Waals surface area contributed by atoms with Crippen LogP contribution < -0.4 is 14.8 Å². The Morgan fingerprint density at radius 2 is 1.94 bits per heavy atom. The standard InChI is InChI=1S/C25H31N5O4/c1-3-34-22-16-18(4-9-21(22)31)17-29-13-11-24-28-27-23(30(24)15-14-29)10-12-26-25(32)19-5-7-20(33-2)8-6-19/h4-9,16,31H,3,10-15,17H2,1-2H3,(H,26,32). The van der Waals surface area contributed by atoms with Crippen LogP contribution in [0.15, 0.2) is 42.5 Å². The number of phenols is 1. The van der Waals surface area contributed by atoms with E-state index in [1.165, 1.54) is 0 Å². The van der Waals surface area contributed by atoms with Crippen molar-refractivity contribution in [3.63, 3.8) is 0 Å². The van der Waals surface area contributed by atoms with Crippen LogP contribution in [0.1, 0.15) is 34.5 Å². The molecule has 0 radical (unpaired) electrons. The molecule has 0 fully saturated rings. The summed E-state index contributed by atoms with van der Waals surface area (Å²) < 4.78 is 12.8. The molecule has 9 nitrogen and oxygen atoms in total. The lowest BCUT2D eigenvalue weighted by Gasteiger charge is -2.20. The van der Waals surface area contributed by atoms with Gasteiger partial charge in [-0.05, 0) is 48.9 Å². The summed E-state index contributed by atoms with van der Waals surface area (Å²) in [6.07, 6.45) is 1.42. The highest BCUT2D eigenvalue weighted by Crippen LogP contribution is 2.27. The number of nitrogens with zero attached hydrogens (tertiary/aromatic N) is 4. The van der Waals surface area contributed by atoms with Gasteiger partial charge in [0.25, 0.3) is 5.91 Å². The minimum atomic E-state index is -0.121. The van der Waals surface area contributed by atoms with E-state index in [9.17, 15) is 9.90 Å². The van der Waals surface area contributed by atoms with Gasteiger partial charge < -0.3 is 24.5 Å². The van der Waals surface area contributed by atoms with Crippen LogP contribution in [0, 0.1) is 0 Å². The normalized spacial score (nSPS) is 13.7. The van der Waals surface area contributed by atoms with Gasteiger partial charge in [-0.3, -0.25) is 9.69 Å². The van der Waals surface area contributed by atoms with Crippen LogP contribution in [0.5, 0.6) is 17.2 Å². The summed E-state index contributed by atoms with van der Waals surface area (Å²) in [6.45, 7) is 6.20. The molecule has 2 heterocycles. The summed E-state index contributed by atoms with van der Waals surface area (Å²) in [6, 6.07) is 12.6. The molecule has 180 valence electrons. The number of methoxy groups -OCH3 is 1. The van der Waals surface area contributed by atoms with Gasteiger partial charge >= 0.3 is 0 Å². The van der Waals surface area contributed by atoms with Gasteiger partial charge in [-0.15, -0.1) is 10.2 Å². The van der Waals surface area contributed by atoms with Crippen molar-refractivity contribution < 1.29 is 19.4 Å². The number of carbonyl (C=O) groups is 1. The van der Waals surface area contributed by atoms with Crippen molar-refractivity contribution in [2.45, 2.75) is 32.9 Å². The Kier molecular flexibility index (Phi) is 7.64. The predicted molar refractivity (Wildman–Crippen MR) is 127 cm³/mol. The van der Waals surface area contributed by atoms with Crippen LogP contribution in [0.25, 0.3) is 0 Å². The van der Waals surface area contributed by atoms with Crippen LogP contribution >= 0.6 is 0 Å². The Bertz CT molecular complexity index is 1110. The van der Waals surface area contributed by atoms with E-state index in [1.807, 2.05) is 19.1 Å². The SMILES string of the molecule is CCOc1cc(CN2CCc3nnc(CCNC(=O)c4ccc(OC)cc4)n3CC2)ccc1O. The van der Waals surface area contributed by atoms with E-state index in [0.29, 0.717) is 30.9 Å². The quantitative estimate of drug-likeness (QED) is 0.500. The van der Waals surface area contributed by atoms with Gasteiger partial charge in [0.2, 0.25) is 0 Å². The van der Waals surface area contributed by atoms with Crippen molar-refractivity contribution in [1.82, 2.24) is 25.0 Å². The molecule has 0 aliphatic carbocycles. The number of fused-ring (bicyclic) bond motifs is 1. The van der Waals surface area contributed by atoms with E-state index in [1.54, 1.807) is 37.4 Å². The van der Waals surface area contributed by atoms with E-state index < -0.39 is 0 Å². The van der Waals surface area contributed by atoms with E-state index in [2.05, 4.69) is 25.0 Å². The van der Waals surface area contributed by atoms with Crippen molar-refractivity contribution in [3.05, 3.63) is 65.2 Å². The number of phenolic OH excluding ortho intramolecular Hbond substituents is 1. The number of aromatic hydroxyl groups is 1. The maximum Gasteiger partial charge on any atom is 0.251 e. The van der Waals surface area contributed by atoms with Crippen molar-refractivity contribution >= 4 is 5.91 Å². The molecule has 3 aromatic rings. The highest BCUT2D eigenvalue weighted by Gasteiger charge is 2.19. The van der Waals surface area contributed by atoms with E-state index >= 15 is 0 Å². The zero-order chi connectivity index (χ0) is 23.9. The Morgan fingerprint density at radius 3 is 2.71 bits per heavy atom. The fourth-order valence-electron chi connectivity index (χ4n) is 4.09. The fraction of sp³-hybridized carbons (Fsp3) is 0.400. The largest absolute Gasteiger partial charge is 0.504 e. The average molecular weight is 466 g/mol. The average Bonchev–Trinajstić information content (AvgIpc) is 3.13. The summed E-state index contributed by atoms with van der Waals surface area (Å²) in [5.74, 6) is 3.14. The maximum atomic E-state index is 12.4. The molecule has 1 aliphatic rings. The van der Waals surface area contributed by atoms with Gasteiger partial charge in [0, 0.05) is 51.1 Å². The lowest BCUT2D eigenvalue weighted by Crippen LogP contribution is -2.28. The maximum absolute atomic E-state index is 12.4.